The van der Waals surface area contributed by atoms with Crippen LogP contribution in [0.25, 0.3) is 0 Å². The second-order valence-electron chi connectivity index (χ2n) is 4.88. The summed E-state index contributed by atoms with van der Waals surface area (Å²) in [6.07, 6.45) is 3.39. The second kappa shape index (κ2) is 5.85. The van der Waals surface area contributed by atoms with Crippen LogP contribution in [0.5, 0.6) is 0 Å². The minimum Gasteiger partial charge on any atom is -0.373 e. The van der Waals surface area contributed by atoms with Gasteiger partial charge in [0, 0.05) is 26.2 Å². The highest BCUT2D eigenvalue weighted by atomic mass is 16.6. The topological polar surface area (TPSA) is 88.4 Å². The van der Waals surface area contributed by atoms with Crippen molar-refractivity contribution in [2.75, 3.05) is 25.5 Å². The number of anilines is 1. The summed E-state index contributed by atoms with van der Waals surface area (Å²) in [4.78, 5) is 28.5. The number of aromatic nitrogens is 1. The monoisotopic (exact) mass is 278 g/mol. The van der Waals surface area contributed by atoms with Gasteiger partial charge in [-0.05, 0) is 25.7 Å². The molecule has 0 aromatic carbocycles. The van der Waals surface area contributed by atoms with Crippen molar-refractivity contribution in [2.24, 2.45) is 5.92 Å². The highest BCUT2D eigenvalue weighted by Crippen LogP contribution is 2.31. The highest BCUT2D eigenvalue weighted by Gasteiger charge is 2.30. The van der Waals surface area contributed by atoms with Gasteiger partial charge in [-0.2, -0.15) is 0 Å². The van der Waals surface area contributed by atoms with E-state index in [2.05, 4.69) is 10.3 Å². The fourth-order valence-corrected chi connectivity index (χ4v) is 2.04. The van der Waals surface area contributed by atoms with E-state index in [0.717, 1.165) is 19.0 Å². The molecular weight excluding hydrogens is 260 g/mol. The maximum absolute atomic E-state index is 12.5. The van der Waals surface area contributed by atoms with E-state index >= 15 is 0 Å². The normalized spacial score (nSPS) is 13.9. The number of rotatable bonds is 6. The Bertz CT molecular complexity index is 528. The van der Waals surface area contributed by atoms with E-state index in [-0.39, 0.29) is 17.2 Å². The summed E-state index contributed by atoms with van der Waals surface area (Å²) in [6.45, 7) is 3.10. The number of pyridine rings is 1. The summed E-state index contributed by atoms with van der Waals surface area (Å²) in [5.41, 5.74) is -0.153. The Morgan fingerprint density at radius 3 is 2.80 bits per heavy atom. The third kappa shape index (κ3) is 3.04. The molecule has 1 aromatic rings. The predicted octanol–water partition coefficient (Wildman–Crippen LogP) is 1.90. The third-order valence-corrected chi connectivity index (χ3v) is 3.41. The average Bonchev–Trinajstić information content (AvgIpc) is 3.27. The number of nitrogens with zero attached hydrogens (tertiary/aromatic N) is 3. The lowest BCUT2D eigenvalue weighted by molar-refractivity contribution is -0.385. The van der Waals surface area contributed by atoms with Crippen molar-refractivity contribution in [3.63, 3.8) is 0 Å². The number of hydrogen-bond acceptors (Lipinski definition) is 5. The van der Waals surface area contributed by atoms with Gasteiger partial charge in [-0.25, -0.2) is 4.98 Å². The van der Waals surface area contributed by atoms with E-state index in [9.17, 15) is 14.9 Å². The zero-order valence-electron chi connectivity index (χ0n) is 11.6. The second-order valence-corrected chi connectivity index (χ2v) is 4.88. The van der Waals surface area contributed by atoms with Crippen molar-refractivity contribution in [3.05, 3.63) is 27.9 Å². The van der Waals surface area contributed by atoms with Crippen LogP contribution in [0.2, 0.25) is 0 Å². The Labute approximate surface area is 117 Å². The Morgan fingerprint density at radius 1 is 1.60 bits per heavy atom. The highest BCUT2D eigenvalue weighted by molar-refractivity contribution is 5.98. The van der Waals surface area contributed by atoms with Gasteiger partial charge in [0.2, 0.25) is 0 Å². The van der Waals surface area contributed by atoms with Crippen LogP contribution in [-0.2, 0) is 0 Å². The number of hydrogen-bond donors (Lipinski definition) is 1. The summed E-state index contributed by atoms with van der Waals surface area (Å²) in [5.74, 6) is 0.690. The van der Waals surface area contributed by atoms with Crippen LogP contribution >= 0.6 is 0 Å². The zero-order valence-corrected chi connectivity index (χ0v) is 11.6. The average molecular weight is 278 g/mol. The molecule has 20 heavy (non-hydrogen) atoms. The molecule has 1 aliphatic carbocycles. The fraction of sp³-hybridized carbons (Fsp3) is 0.538. The summed E-state index contributed by atoms with van der Waals surface area (Å²) < 4.78 is 0. The maximum Gasteiger partial charge on any atom is 0.300 e. The summed E-state index contributed by atoms with van der Waals surface area (Å²) in [7, 11) is 1.66. The molecule has 1 saturated carbocycles. The van der Waals surface area contributed by atoms with Crippen LogP contribution in [0.1, 0.15) is 30.1 Å². The molecule has 1 heterocycles. The predicted molar refractivity (Wildman–Crippen MR) is 74.7 cm³/mol. The maximum atomic E-state index is 12.5. The van der Waals surface area contributed by atoms with E-state index in [0.29, 0.717) is 24.8 Å². The quantitative estimate of drug-likeness (QED) is 0.634. The summed E-state index contributed by atoms with van der Waals surface area (Å²) in [6, 6.07) is 1.44. The van der Waals surface area contributed by atoms with Crippen molar-refractivity contribution < 1.29 is 9.72 Å². The summed E-state index contributed by atoms with van der Waals surface area (Å²) >= 11 is 0. The molecule has 7 nitrogen and oxygen atoms in total. The molecule has 1 fully saturated rings. The molecule has 0 spiro atoms. The van der Waals surface area contributed by atoms with Gasteiger partial charge in [-0.1, -0.05) is 0 Å². The van der Waals surface area contributed by atoms with E-state index in [1.54, 1.807) is 11.9 Å². The third-order valence-electron chi connectivity index (χ3n) is 3.41. The van der Waals surface area contributed by atoms with Gasteiger partial charge in [0.05, 0.1) is 4.92 Å². The van der Waals surface area contributed by atoms with Crippen LogP contribution in [0, 0.1) is 16.0 Å². The van der Waals surface area contributed by atoms with Crippen LogP contribution in [0.15, 0.2) is 12.3 Å². The van der Waals surface area contributed by atoms with Gasteiger partial charge in [0.1, 0.15) is 17.6 Å². The molecule has 7 heteroatoms. The molecule has 0 radical (unpaired) electrons. The van der Waals surface area contributed by atoms with Crippen molar-refractivity contribution >= 4 is 17.4 Å². The zero-order chi connectivity index (χ0) is 14.7. The first kappa shape index (κ1) is 14.2. The number of carbonyl (C=O) groups is 1. The molecule has 1 N–H and O–H groups in total. The van der Waals surface area contributed by atoms with Crippen molar-refractivity contribution in [1.29, 1.82) is 0 Å². The smallest absolute Gasteiger partial charge is 0.300 e. The number of amides is 1. The van der Waals surface area contributed by atoms with Crippen molar-refractivity contribution in [1.82, 2.24) is 9.88 Å². The molecule has 0 unspecified atom stereocenters. The number of nitrogens with one attached hydrogen (secondary N) is 1. The van der Waals surface area contributed by atoms with Gasteiger partial charge in [-0.15, -0.1) is 0 Å². The first-order valence-corrected chi connectivity index (χ1v) is 6.68. The van der Waals surface area contributed by atoms with Crippen LogP contribution in [-0.4, -0.2) is 40.9 Å². The Morgan fingerprint density at radius 2 is 2.30 bits per heavy atom. The molecule has 108 valence electrons. The van der Waals surface area contributed by atoms with Gasteiger partial charge in [0.15, 0.2) is 0 Å². The lowest BCUT2D eigenvalue weighted by Crippen LogP contribution is -2.33. The number of carbonyl (C=O) groups excluding carboxylic acids is 1. The van der Waals surface area contributed by atoms with Crippen molar-refractivity contribution in [3.8, 4) is 0 Å². The first-order valence-electron chi connectivity index (χ1n) is 6.68. The molecule has 0 aliphatic heterocycles. The van der Waals surface area contributed by atoms with E-state index in [1.807, 2.05) is 6.92 Å². The minimum absolute atomic E-state index is 0.0943. The molecule has 1 amide bonds. The molecule has 2 rings (SSSR count). The number of nitro groups is 1. The van der Waals surface area contributed by atoms with Crippen molar-refractivity contribution in [2.45, 2.75) is 19.8 Å². The minimum atomic E-state index is -0.565. The molecule has 0 saturated heterocycles. The Kier molecular flexibility index (Phi) is 4.16. The van der Waals surface area contributed by atoms with E-state index in [4.69, 9.17) is 0 Å². The van der Waals surface area contributed by atoms with Gasteiger partial charge < -0.3 is 10.2 Å². The lowest BCUT2D eigenvalue weighted by Gasteiger charge is -2.20. The Balaban J connectivity index is 2.31. The van der Waals surface area contributed by atoms with Crippen LogP contribution in [0.3, 0.4) is 0 Å². The van der Waals surface area contributed by atoms with Crippen LogP contribution in [0.4, 0.5) is 11.5 Å². The SMILES string of the molecule is CCN(CC1CC1)C(=O)c1cc(NC)ncc1[N+](=O)[O-]. The lowest BCUT2D eigenvalue weighted by atomic mass is 10.2. The van der Waals surface area contributed by atoms with Gasteiger partial charge in [0.25, 0.3) is 11.6 Å². The molecule has 0 bridgehead atoms. The molecule has 1 aliphatic rings. The molecular formula is C13H18N4O3. The first-order chi connectivity index (χ1) is 9.56. The summed E-state index contributed by atoms with van der Waals surface area (Å²) in [5, 5.41) is 13.8. The van der Waals surface area contributed by atoms with Crippen LogP contribution < -0.4 is 5.32 Å². The van der Waals surface area contributed by atoms with Gasteiger partial charge in [-0.3, -0.25) is 14.9 Å². The largest absolute Gasteiger partial charge is 0.373 e. The van der Waals surface area contributed by atoms with Gasteiger partial charge >= 0.3 is 0 Å². The van der Waals surface area contributed by atoms with E-state index < -0.39 is 4.92 Å². The van der Waals surface area contributed by atoms with E-state index in [1.165, 1.54) is 6.07 Å². The Hall–Kier alpha value is -2.18. The fourth-order valence-electron chi connectivity index (χ4n) is 2.04. The standard InChI is InChI=1S/C13H18N4O3/c1-3-16(8-9-4-5-9)13(18)10-6-12(14-2)15-7-11(10)17(19)20/h6-7,9H,3-5,8H2,1-2H3,(H,14,15). The molecule has 1 aromatic heterocycles. The molecule has 0 atom stereocenters.